The van der Waals surface area contributed by atoms with Gasteiger partial charge in [-0.1, -0.05) is 12.8 Å². The van der Waals surface area contributed by atoms with Crippen LogP contribution < -0.4 is 0 Å². The van der Waals surface area contributed by atoms with Crippen molar-refractivity contribution in [2.24, 2.45) is 5.92 Å². The minimum absolute atomic E-state index is 0.0466. The number of benzene rings is 1. The number of amides is 1. The van der Waals surface area contributed by atoms with Gasteiger partial charge in [0.2, 0.25) is 0 Å². The number of H-pyrrole nitrogens is 1. The quantitative estimate of drug-likeness (QED) is 0.881. The van der Waals surface area contributed by atoms with Gasteiger partial charge in [-0.15, -0.1) is 0 Å². The Balaban J connectivity index is 1.70. The second-order valence-electron chi connectivity index (χ2n) is 6.44. The maximum atomic E-state index is 13.0. The van der Waals surface area contributed by atoms with Gasteiger partial charge < -0.3 is 10.0 Å². The van der Waals surface area contributed by atoms with E-state index in [1.165, 1.54) is 0 Å². The van der Waals surface area contributed by atoms with E-state index in [4.69, 9.17) is 0 Å². The molecule has 1 aromatic heterocycles. The zero-order valence-electron chi connectivity index (χ0n) is 12.6. The monoisotopic (exact) mass is 314 g/mol. The maximum absolute atomic E-state index is 13.0. The number of hydrogen-bond acceptors (Lipinski definition) is 4. The van der Waals surface area contributed by atoms with Gasteiger partial charge in [-0.25, -0.2) is 4.79 Å². The fourth-order valence-corrected chi connectivity index (χ4v) is 4.10. The van der Waals surface area contributed by atoms with Gasteiger partial charge in [-0.2, -0.15) is 15.4 Å². The number of nitrogens with zero attached hydrogens (tertiary/aromatic N) is 3. The third kappa shape index (κ3) is 2.27. The number of nitrogens with one attached hydrogen (secondary N) is 1. The van der Waals surface area contributed by atoms with Gasteiger partial charge in [-0.05, 0) is 43.4 Å². The number of carbonyl (C=O) groups is 2. The topological polar surface area (TPSA) is 99.2 Å². The number of fused-ring (bicyclic) bond motifs is 2. The van der Waals surface area contributed by atoms with E-state index >= 15 is 0 Å². The van der Waals surface area contributed by atoms with Gasteiger partial charge in [0, 0.05) is 11.6 Å². The summed E-state index contributed by atoms with van der Waals surface area (Å²) < 4.78 is 0. The number of aromatic nitrogens is 3. The van der Waals surface area contributed by atoms with Crippen LogP contribution in [-0.2, 0) is 4.79 Å². The molecule has 2 heterocycles. The summed E-state index contributed by atoms with van der Waals surface area (Å²) in [5, 5.41) is 20.0. The van der Waals surface area contributed by atoms with E-state index < -0.39 is 12.0 Å². The molecule has 0 radical (unpaired) electrons. The van der Waals surface area contributed by atoms with Crippen molar-refractivity contribution in [3.05, 3.63) is 23.8 Å². The van der Waals surface area contributed by atoms with Gasteiger partial charge >= 0.3 is 5.97 Å². The highest BCUT2D eigenvalue weighted by molar-refractivity contribution is 5.99. The van der Waals surface area contributed by atoms with Gasteiger partial charge in [0.1, 0.15) is 17.1 Å². The molecule has 23 heavy (non-hydrogen) atoms. The maximum Gasteiger partial charge on any atom is 0.326 e. The number of aromatic amines is 1. The predicted octanol–water partition coefficient (Wildman–Crippen LogP) is 1.82. The van der Waals surface area contributed by atoms with Crippen molar-refractivity contribution in [2.75, 3.05) is 0 Å². The molecule has 1 aromatic carbocycles. The molecule has 0 spiro atoms. The molecule has 7 heteroatoms. The third-order valence-electron chi connectivity index (χ3n) is 5.17. The molecule has 2 N–H and O–H groups in total. The minimum Gasteiger partial charge on any atom is -0.480 e. The smallest absolute Gasteiger partial charge is 0.326 e. The first kappa shape index (κ1) is 14.2. The van der Waals surface area contributed by atoms with Crippen molar-refractivity contribution in [2.45, 2.75) is 44.2 Å². The summed E-state index contributed by atoms with van der Waals surface area (Å²) in [5.74, 6) is -0.809. The van der Waals surface area contributed by atoms with Crippen LogP contribution in [0.3, 0.4) is 0 Å². The highest BCUT2D eigenvalue weighted by Crippen LogP contribution is 2.40. The normalized spacial score (nSPS) is 27.1. The summed E-state index contributed by atoms with van der Waals surface area (Å²) >= 11 is 0. The Morgan fingerprint density at radius 3 is 2.78 bits per heavy atom. The molecule has 7 nitrogen and oxygen atoms in total. The lowest BCUT2D eigenvalue weighted by molar-refractivity contribution is -0.141. The van der Waals surface area contributed by atoms with Crippen molar-refractivity contribution in [1.29, 1.82) is 0 Å². The number of carboxylic acids is 1. The zero-order chi connectivity index (χ0) is 16.0. The highest BCUT2D eigenvalue weighted by Gasteiger charge is 2.47. The number of aliphatic carboxylic acids is 1. The highest BCUT2D eigenvalue weighted by atomic mass is 16.4. The lowest BCUT2D eigenvalue weighted by Crippen LogP contribution is -2.46. The molecule has 0 unspecified atom stereocenters. The van der Waals surface area contributed by atoms with Crippen LogP contribution in [0.4, 0.5) is 0 Å². The molecule has 3 atom stereocenters. The summed E-state index contributed by atoms with van der Waals surface area (Å²) in [6.07, 6.45) is 4.66. The lowest BCUT2D eigenvalue weighted by Gasteiger charge is -2.33. The Morgan fingerprint density at radius 1 is 1.17 bits per heavy atom. The average Bonchev–Trinajstić information content (AvgIpc) is 3.17. The summed E-state index contributed by atoms with van der Waals surface area (Å²) in [6.45, 7) is 0. The molecule has 1 saturated heterocycles. The number of carboxylic acid groups (broad SMARTS) is 1. The molecule has 1 saturated carbocycles. The van der Waals surface area contributed by atoms with E-state index in [1.54, 1.807) is 23.1 Å². The van der Waals surface area contributed by atoms with Crippen LogP contribution in [0.2, 0.25) is 0 Å². The summed E-state index contributed by atoms with van der Waals surface area (Å²) in [6, 6.07) is 4.43. The van der Waals surface area contributed by atoms with E-state index in [9.17, 15) is 14.7 Å². The third-order valence-corrected chi connectivity index (χ3v) is 5.17. The van der Waals surface area contributed by atoms with Gasteiger partial charge in [0.05, 0.1) is 0 Å². The number of hydrogen-bond donors (Lipinski definition) is 2. The average molecular weight is 314 g/mol. The SMILES string of the molecule is O=C(O)[C@@H]1C[C@@H]2CCCC[C@H]2N1C(=O)c1ccc2n[nH]nc2c1. The molecular weight excluding hydrogens is 296 g/mol. The van der Waals surface area contributed by atoms with Crippen molar-refractivity contribution in [1.82, 2.24) is 20.3 Å². The van der Waals surface area contributed by atoms with Crippen LogP contribution in [0.15, 0.2) is 18.2 Å². The van der Waals surface area contributed by atoms with Crippen LogP contribution in [0.25, 0.3) is 11.0 Å². The first-order valence-electron chi connectivity index (χ1n) is 8.01. The summed E-state index contributed by atoms with van der Waals surface area (Å²) in [5.41, 5.74) is 1.78. The molecule has 1 aliphatic carbocycles. The van der Waals surface area contributed by atoms with E-state index in [2.05, 4.69) is 15.4 Å². The van der Waals surface area contributed by atoms with Crippen molar-refractivity contribution in [3.63, 3.8) is 0 Å². The zero-order valence-corrected chi connectivity index (χ0v) is 12.6. The standard InChI is InChI=1S/C16H18N4O3/c21-15(10-5-6-11-12(7-10)18-19-17-11)20-13-4-2-1-3-9(13)8-14(20)16(22)23/h5-7,9,13-14H,1-4,8H2,(H,22,23)(H,17,18,19)/t9-,13+,14-/m0/s1. The molecule has 1 amide bonds. The molecule has 4 rings (SSSR count). The Kier molecular flexibility index (Phi) is 3.28. The fraction of sp³-hybridized carbons (Fsp3) is 0.500. The van der Waals surface area contributed by atoms with E-state index in [1.807, 2.05) is 0 Å². The summed E-state index contributed by atoms with van der Waals surface area (Å²) in [7, 11) is 0. The Bertz CT molecular complexity index is 772. The van der Waals surface area contributed by atoms with Gasteiger partial charge in [-0.3, -0.25) is 4.79 Å². The molecule has 2 aromatic rings. The van der Waals surface area contributed by atoms with Crippen molar-refractivity contribution >= 4 is 22.9 Å². The van der Waals surface area contributed by atoms with Crippen LogP contribution in [-0.4, -0.2) is 49.4 Å². The molecule has 2 fully saturated rings. The van der Waals surface area contributed by atoms with E-state index in [0.29, 0.717) is 28.9 Å². The van der Waals surface area contributed by atoms with Crippen LogP contribution in [0.5, 0.6) is 0 Å². The first-order chi connectivity index (χ1) is 11.1. The minimum atomic E-state index is -0.907. The molecular formula is C16H18N4O3. The number of likely N-dealkylation sites (tertiary alicyclic amines) is 1. The van der Waals surface area contributed by atoms with Crippen molar-refractivity contribution in [3.8, 4) is 0 Å². The van der Waals surface area contributed by atoms with E-state index in [0.717, 1.165) is 25.7 Å². The van der Waals surface area contributed by atoms with Crippen LogP contribution in [0.1, 0.15) is 42.5 Å². The van der Waals surface area contributed by atoms with Gasteiger partial charge in [0.25, 0.3) is 5.91 Å². The Morgan fingerprint density at radius 2 is 1.96 bits per heavy atom. The summed E-state index contributed by atoms with van der Waals surface area (Å²) in [4.78, 5) is 26.2. The molecule has 0 bridgehead atoms. The number of rotatable bonds is 2. The van der Waals surface area contributed by atoms with E-state index in [-0.39, 0.29) is 11.9 Å². The fourth-order valence-electron chi connectivity index (χ4n) is 4.10. The lowest BCUT2D eigenvalue weighted by atomic mass is 9.84. The number of carbonyl (C=O) groups excluding carboxylic acids is 1. The molecule has 120 valence electrons. The van der Waals surface area contributed by atoms with Crippen LogP contribution >= 0.6 is 0 Å². The largest absolute Gasteiger partial charge is 0.480 e. The first-order valence-corrected chi connectivity index (χ1v) is 8.01. The van der Waals surface area contributed by atoms with Crippen molar-refractivity contribution < 1.29 is 14.7 Å². The van der Waals surface area contributed by atoms with Gasteiger partial charge in [0.15, 0.2) is 0 Å². The molecule has 1 aliphatic heterocycles. The second-order valence-corrected chi connectivity index (χ2v) is 6.44. The Labute approximate surface area is 132 Å². The predicted molar refractivity (Wildman–Crippen MR) is 81.8 cm³/mol. The Hall–Kier alpha value is -2.44. The second kappa shape index (κ2) is 5.33. The van der Waals surface area contributed by atoms with Crippen LogP contribution in [0, 0.1) is 5.92 Å². The molecule has 2 aliphatic rings.